The van der Waals surface area contributed by atoms with E-state index in [2.05, 4.69) is 16.9 Å². The molecule has 0 aliphatic rings. The van der Waals surface area contributed by atoms with Crippen LogP contribution in [0.15, 0.2) is 12.5 Å². The third-order valence-corrected chi connectivity index (χ3v) is 1.54. The van der Waals surface area contributed by atoms with E-state index in [0.717, 1.165) is 6.54 Å². The number of H-pyrrole nitrogens is 1. The van der Waals surface area contributed by atoms with Crippen LogP contribution in [0.25, 0.3) is 0 Å². The summed E-state index contributed by atoms with van der Waals surface area (Å²) in [5.74, 6) is -0.984. The molecule has 0 aromatic carbocycles. The van der Waals surface area contributed by atoms with Crippen molar-refractivity contribution in [2.45, 2.75) is 26.2 Å². The predicted octanol–water partition coefficient (Wildman–Crippen LogP) is 1.24. The second kappa shape index (κ2) is 8.25. The Morgan fingerprint density at radius 2 is 2.36 bits per heavy atom. The molecule has 1 aromatic rings. The summed E-state index contributed by atoms with van der Waals surface area (Å²) < 4.78 is 0. The van der Waals surface area contributed by atoms with Gasteiger partial charge in [-0.15, -0.1) is 0 Å². The number of aromatic amines is 1. The summed E-state index contributed by atoms with van der Waals surface area (Å²) in [5.41, 5.74) is 5.33. The lowest BCUT2D eigenvalue weighted by atomic mass is 10.3. The average molecular weight is 199 g/mol. The van der Waals surface area contributed by atoms with Crippen LogP contribution in [-0.4, -0.2) is 27.6 Å². The maximum absolute atomic E-state index is 9.99. The molecular formula is C9H17N3O2. The zero-order valence-corrected chi connectivity index (χ0v) is 8.36. The number of carbonyl (C=O) groups is 1. The maximum Gasteiger partial charge on any atom is 0.353 e. The van der Waals surface area contributed by atoms with Gasteiger partial charge in [0.15, 0.2) is 0 Å². The summed E-state index contributed by atoms with van der Waals surface area (Å²) >= 11 is 0. The molecule has 0 radical (unpaired) electrons. The van der Waals surface area contributed by atoms with E-state index in [4.69, 9.17) is 10.8 Å². The summed E-state index contributed by atoms with van der Waals surface area (Å²) in [6.07, 6.45) is 6.33. The van der Waals surface area contributed by atoms with Crippen LogP contribution >= 0.6 is 0 Å². The molecule has 0 aliphatic heterocycles. The highest BCUT2D eigenvalue weighted by Crippen LogP contribution is 1.88. The Kier molecular flexibility index (Phi) is 7.45. The topological polar surface area (TPSA) is 92.0 Å². The van der Waals surface area contributed by atoms with Crippen LogP contribution in [-0.2, 0) is 0 Å². The van der Waals surface area contributed by atoms with Crippen LogP contribution in [0.5, 0.6) is 0 Å². The molecule has 80 valence electrons. The Morgan fingerprint density at radius 3 is 2.57 bits per heavy atom. The van der Waals surface area contributed by atoms with Gasteiger partial charge in [0.05, 0.1) is 12.5 Å². The van der Waals surface area contributed by atoms with Crippen molar-refractivity contribution < 1.29 is 9.90 Å². The van der Waals surface area contributed by atoms with Crippen molar-refractivity contribution in [1.29, 1.82) is 0 Å². The lowest BCUT2D eigenvalue weighted by molar-refractivity contribution is 0.0691. The van der Waals surface area contributed by atoms with E-state index in [1.807, 2.05) is 0 Å². The quantitative estimate of drug-likeness (QED) is 0.636. The third kappa shape index (κ3) is 6.19. The number of carboxylic acids is 1. The van der Waals surface area contributed by atoms with E-state index in [1.54, 1.807) is 0 Å². The molecule has 0 spiro atoms. The molecule has 1 aromatic heterocycles. The van der Waals surface area contributed by atoms with Crippen LogP contribution in [0.1, 0.15) is 36.7 Å². The second-order valence-electron chi connectivity index (χ2n) is 2.77. The molecule has 0 unspecified atom stereocenters. The third-order valence-electron chi connectivity index (χ3n) is 1.54. The first-order valence-electron chi connectivity index (χ1n) is 4.64. The largest absolute Gasteiger partial charge is 0.477 e. The van der Waals surface area contributed by atoms with E-state index in [9.17, 15) is 4.79 Å². The average Bonchev–Trinajstić information content (AvgIpc) is 2.68. The van der Waals surface area contributed by atoms with Gasteiger partial charge in [-0.25, -0.2) is 9.78 Å². The molecule has 14 heavy (non-hydrogen) atoms. The van der Waals surface area contributed by atoms with Crippen molar-refractivity contribution in [1.82, 2.24) is 9.97 Å². The van der Waals surface area contributed by atoms with E-state index in [0.29, 0.717) is 0 Å². The molecule has 5 nitrogen and oxygen atoms in total. The van der Waals surface area contributed by atoms with Gasteiger partial charge in [0.2, 0.25) is 0 Å². The number of aromatic nitrogens is 2. The number of nitrogens with zero attached hydrogens (tertiary/aromatic N) is 1. The standard InChI is InChI=1S/C5H13N.C4H4N2O2/c1-2-3-4-5-6;7-4(8)3-1-5-2-6-3/h2-6H2,1H3;1-2H,(H,5,6)(H,7,8). The van der Waals surface area contributed by atoms with Gasteiger partial charge in [-0.05, 0) is 13.0 Å². The fourth-order valence-corrected chi connectivity index (χ4v) is 0.767. The second-order valence-corrected chi connectivity index (χ2v) is 2.77. The molecule has 0 saturated heterocycles. The minimum atomic E-state index is -0.984. The summed E-state index contributed by atoms with van der Waals surface area (Å²) in [7, 11) is 0. The van der Waals surface area contributed by atoms with E-state index < -0.39 is 5.97 Å². The van der Waals surface area contributed by atoms with Crippen LogP contribution in [0.4, 0.5) is 0 Å². The van der Waals surface area contributed by atoms with Gasteiger partial charge in [0.25, 0.3) is 0 Å². The molecule has 0 bridgehead atoms. The van der Waals surface area contributed by atoms with E-state index in [1.165, 1.54) is 31.8 Å². The Morgan fingerprint density at radius 1 is 1.64 bits per heavy atom. The van der Waals surface area contributed by atoms with Gasteiger partial charge in [-0.2, -0.15) is 0 Å². The Labute approximate surface area is 83.4 Å². The highest BCUT2D eigenvalue weighted by atomic mass is 16.4. The summed E-state index contributed by atoms with van der Waals surface area (Å²) in [4.78, 5) is 15.9. The van der Waals surface area contributed by atoms with Crippen molar-refractivity contribution in [3.63, 3.8) is 0 Å². The monoisotopic (exact) mass is 199 g/mol. The first-order valence-corrected chi connectivity index (χ1v) is 4.64. The van der Waals surface area contributed by atoms with Crippen LogP contribution < -0.4 is 5.73 Å². The highest BCUT2D eigenvalue weighted by molar-refractivity contribution is 5.84. The number of hydrogen-bond acceptors (Lipinski definition) is 3. The lowest BCUT2D eigenvalue weighted by Gasteiger charge is -1.86. The Hall–Kier alpha value is -1.36. The van der Waals surface area contributed by atoms with Gasteiger partial charge in [0.1, 0.15) is 5.69 Å². The van der Waals surface area contributed by atoms with Crippen molar-refractivity contribution in [3.8, 4) is 0 Å². The number of rotatable bonds is 4. The van der Waals surface area contributed by atoms with Gasteiger partial charge in [0, 0.05) is 0 Å². The smallest absolute Gasteiger partial charge is 0.353 e. The molecule has 1 rings (SSSR count). The van der Waals surface area contributed by atoms with Gasteiger partial charge in [-0.3, -0.25) is 0 Å². The Balaban J connectivity index is 0.000000255. The number of unbranched alkanes of at least 4 members (excludes halogenated alkanes) is 2. The van der Waals surface area contributed by atoms with Crippen LogP contribution in [0.2, 0.25) is 0 Å². The zero-order chi connectivity index (χ0) is 10.8. The molecule has 4 N–H and O–H groups in total. The highest BCUT2D eigenvalue weighted by Gasteiger charge is 1.99. The molecule has 0 fully saturated rings. The maximum atomic E-state index is 9.99. The first kappa shape index (κ1) is 12.6. The lowest BCUT2D eigenvalue weighted by Crippen LogP contribution is -1.96. The molecular weight excluding hydrogens is 182 g/mol. The van der Waals surface area contributed by atoms with Gasteiger partial charge in [-0.1, -0.05) is 19.8 Å². The van der Waals surface area contributed by atoms with Gasteiger partial charge >= 0.3 is 5.97 Å². The summed E-state index contributed by atoms with van der Waals surface area (Å²) in [6.45, 7) is 3.03. The van der Waals surface area contributed by atoms with E-state index >= 15 is 0 Å². The van der Waals surface area contributed by atoms with Crippen LogP contribution in [0.3, 0.4) is 0 Å². The molecule has 0 atom stereocenters. The molecule has 0 aliphatic carbocycles. The number of aromatic carboxylic acids is 1. The number of imidazole rings is 1. The molecule has 5 heteroatoms. The van der Waals surface area contributed by atoms with Gasteiger partial charge < -0.3 is 15.8 Å². The summed E-state index contributed by atoms with van der Waals surface area (Å²) in [6, 6.07) is 0. The van der Waals surface area contributed by atoms with Crippen molar-refractivity contribution in [2.75, 3.05) is 6.54 Å². The predicted molar refractivity (Wildman–Crippen MR) is 54.1 cm³/mol. The molecule has 0 amide bonds. The van der Waals surface area contributed by atoms with E-state index in [-0.39, 0.29) is 5.69 Å². The van der Waals surface area contributed by atoms with Crippen LogP contribution in [0, 0.1) is 0 Å². The summed E-state index contributed by atoms with van der Waals surface area (Å²) in [5, 5.41) is 8.20. The number of carboxylic acid groups (broad SMARTS) is 1. The van der Waals surface area contributed by atoms with Crippen molar-refractivity contribution >= 4 is 5.97 Å². The van der Waals surface area contributed by atoms with Crippen molar-refractivity contribution in [2.24, 2.45) is 5.73 Å². The SMILES string of the molecule is CCCCCN.O=C(O)c1cnc[nH]1. The first-order chi connectivity index (χ1) is 6.72. The molecule has 1 heterocycles. The minimum Gasteiger partial charge on any atom is -0.477 e. The number of nitrogens with two attached hydrogens (primary N) is 1. The number of hydrogen-bond donors (Lipinski definition) is 3. The fourth-order valence-electron chi connectivity index (χ4n) is 0.767. The normalized spacial score (nSPS) is 9.00. The minimum absolute atomic E-state index is 0.116. The van der Waals surface area contributed by atoms with Crippen molar-refractivity contribution in [3.05, 3.63) is 18.2 Å². The Bertz CT molecular complexity index is 230. The zero-order valence-electron chi connectivity index (χ0n) is 8.36. The molecule has 0 saturated carbocycles. The fraction of sp³-hybridized carbons (Fsp3) is 0.556. The number of nitrogens with one attached hydrogen (secondary N) is 1.